The van der Waals surface area contributed by atoms with Gasteiger partial charge in [-0.3, -0.25) is 9.59 Å². The average Bonchev–Trinajstić information content (AvgIpc) is 3.61. The van der Waals surface area contributed by atoms with Gasteiger partial charge in [0.15, 0.2) is 11.5 Å². The highest BCUT2D eigenvalue weighted by atomic mass is 35.5. The van der Waals surface area contributed by atoms with Crippen molar-refractivity contribution >= 4 is 29.1 Å². The van der Waals surface area contributed by atoms with Gasteiger partial charge in [0, 0.05) is 35.4 Å². The fraction of sp³-hybridized carbons (Fsp3) is 0.160. The fourth-order valence-corrected chi connectivity index (χ4v) is 3.99. The summed E-state index contributed by atoms with van der Waals surface area (Å²) in [6.07, 6.45) is 3.66. The Morgan fingerprint density at radius 1 is 0.970 bits per heavy atom. The van der Waals surface area contributed by atoms with Crippen LogP contribution in [0.2, 0.25) is 5.02 Å². The first-order chi connectivity index (χ1) is 16.1. The molecule has 0 radical (unpaired) electrons. The predicted octanol–water partition coefficient (Wildman–Crippen LogP) is 5.27. The number of carbonyl (C=O) groups excluding carboxylic acids is 2. The second kappa shape index (κ2) is 8.96. The van der Waals surface area contributed by atoms with E-state index in [4.69, 9.17) is 16.0 Å². The maximum absolute atomic E-state index is 12.9. The molecule has 33 heavy (non-hydrogen) atoms. The van der Waals surface area contributed by atoms with Crippen LogP contribution in [0.5, 0.6) is 0 Å². The summed E-state index contributed by atoms with van der Waals surface area (Å²) in [4.78, 5) is 27.3. The molecule has 1 fully saturated rings. The molecule has 0 unspecified atom stereocenters. The minimum Gasteiger partial charge on any atom is -0.463 e. The smallest absolute Gasteiger partial charge is 0.276 e. The molecule has 1 aliphatic heterocycles. The third kappa shape index (κ3) is 4.40. The zero-order chi connectivity index (χ0) is 22.8. The number of furan rings is 1. The van der Waals surface area contributed by atoms with E-state index in [1.54, 1.807) is 65.5 Å². The maximum Gasteiger partial charge on any atom is 0.276 e. The van der Waals surface area contributed by atoms with Crippen LogP contribution in [0.15, 0.2) is 77.4 Å². The molecule has 0 spiro atoms. The van der Waals surface area contributed by atoms with Crippen LogP contribution < -0.4 is 5.32 Å². The lowest BCUT2D eigenvalue weighted by atomic mass is 10.2. The first kappa shape index (κ1) is 21.0. The normalized spacial score (nSPS) is 13.3. The van der Waals surface area contributed by atoms with E-state index in [-0.39, 0.29) is 17.5 Å². The third-order valence-corrected chi connectivity index (χ3v) is 5.82. The van der Waals surface area contributed by atoms with E-state index in [1.165, 1.54) is 0 Å². The van der Waals surface area contributed by atoms with Gasteiger partial charge in [-0.2, -0.15) is 5.10 Å². The summed E-state index contributed by atoms with van der Waals surface area (Å²) in [6.45, 7) is 1.59. The van der Waals surface area contributed by atoms with Gasteiger partial charge in [-0.15, -0.1) is 0 Å². The molecule has 5 rings (SSSR count). The zero-order valence-electron chi connectivity index (χ0n) is 17.7. The van der Waals surface area contributed by atoms with Gasteiger partial charge < -0.3 is 14.6 Å². The number of halogens is 1. The monoisotopic (exact) mass is 460 g/mol. The lowest BCUT2D eigenvalue weighted by molar-refractivity contribution is 0.0792. The number of hydrogen-bond acceptors (Lipinski definition) is 4. The number of rotatable bonds is 5. The highest BCUT2D eigenvalue weighted by molar-refractivity contribution is 6.30. The van der Waals surface area contributed by atoms with E-state index in [9.17, 15) is 9.59 Å². The van der Waals surface area contributed by atoms with Crippen molar-refractivity contribution < 1.29 is 14.0 Å². The van der Waals surface area contributed by atoms with Crippen molar-refractivity contribution in [2.24, 2.45) is 0 Å². The number of nitrogens with one attached hydrogen (secondary N) is 1. The van der Waals surface area contributed by atoms with Crippen LogP contribution in [0.25, 0.3) is 17.1 Å². The van der Waals surface area contributed by atoms with Gasteiger partial charge in [-0.1, -0.05) is 11.6 Å². The molecule has 4 aromatic rings. The summed E-state index contributed by atoms with van der Waals surface area (Å²) >= 11 is 6.02. The molecule has 3 heterocycles. The fourth-order valence-electron chi connectivity index (χ4n) is 3.87. The van der Waals surface area contributed by atoms with E-state index in [0.717, 1.165) is 31.6 Å². The van der Waals surface area contributed by atoms with Crippen molar-refractivity contribution in [3.8, 4) is 17.1 Å². The number of hydrogen-bond donors (Lipinski definition) is 1. The SMILES string of the molecule is O=C(Nc1ccc(C(=O)N2CCCC2)cc1)c1cc(-c2ccco2)n(-c2ccc(Cl)cc2)n1. The summed E-state index contributed by atoms with van der Waals surface area (Å²) < 4.78 is 7.18. The molecule has 0 saturated carbocycles. The quantitative estimate of drug-likeness (QED) is 0.439. The van der Waals surface area contributed by atoms with Crippen LogP contribution in [0, 0.1) is 0 Å². The molecule has 2 aromatic carbocycles. The third-order valence-electron chi connectivity index (χ3n) is 5.57. The number of aromatic nitrogens is 2. The van der Waals surface area contributed by atoms with Gasteiger partial charge in [0.25, 0.3) is 11.8 Å². The number of carbonyl (C=O) groups is 2. The van der Waals surface area contributed by atoms with Gasteiger partial charge in [0.05, 0.1) is 12.0 Å². The maximum atomic E-state index is 12.9. The second-order valence-corrected chi connectivity index (χ2v) is 8.25. The van der Waals surface area contributed by atoms with Gasteiger partial charge in [0.1, 0.15) is 5.69 Å². The van der Waals surface area contributed by atoms with Crippen molar-refractivity contribution in [1.82, 2.24) is 14.7 Å². The van der Waals surface area contributed by atoms with Crippen LogP contribution in [0.4, 0.5) is 5.69 Å². The van der Waals surface area contributed by atoms with Crippen LogP contribution in [-0.4, -0.2) is 39.6 Å². The largest absolute Gasteiger partial charge is 0.463 e. The van der Waals surface area contributed by atoms with E-state index in [1.807, 2.05) is 17.0 Å². The number of benzene rings is 2. The van der Waals surface area contributed by atoms with Crippen LogP contribution in [-0.2, 0) is 0 Å². The molecule has 2 amide bonds. The van der Waals surface area contributed by atoms with Crippen molar-refractivity contribution in [2.75, 3.05) is 18.4 Å². The molecule has 2 aromatic heterocycles. The standard InChI is InChI=1S/C25H21ClN4O3/c26-18-7-11-20(12-8-18)30-22(23-4-3-15-33-23)16-21(28-30)24(31)27-19-9-5-17(6-10-19)25(32)29-13-1-2-14-29/h3-12,15-16H,1-2,13-14H2,(H,27,31). The summed E-state index contributed by atoms with van der Waals surface area (Å²) in [6, 6.07) is 19.3. The summed E-state index contributed by atoms with van der Waals surface area (Å²) in [5, 5.41) is 7.96. The second-order valence-electron chi connectivity index (χ2n) is 7.81. The van der Waals surface area contributed by atoms with Crippen molar-refractivity contribution in [3.05, 3.63) is 89.3 Å². The lowest BCUT2D eigenvalue weighted by Gasteiger charge is -2.15. The van der Waals surface area contributed by atoms with Crippen LogP contribution >= 0.6 is 11.6 Å². The number of anilines is 1. The van der Waals surface area contributed by atoms with Crippen molar-refractivity contribution in [1.29, 1.82) is 0 Å². The Kier molecular flexibility index (Phi) is 5.71. The predicted molar refractivity (Wildman–Crippen MR) is 126 cm³/mol. The molecule has 0 aliphatic carbocycles. The summed E-state index contributed by atoms with van der Waals surface area (Å²) in [5.74, 6) is 0.241. The Morgan fingerprint density at radius 2 is 1.70 bits per heavy atom. The van der Waals surface area contributed by atoms with Crippen LogP contribution in [0.1, 0.15) is 33.7 Å². The van der Waals surface area contributed by atoms with E-state index >= 15 is 0 Å². The zero-order valence-corrected chi connectivity index (χ0v) is 18.5. The van der Waals surface area contributed by atoms with Gasteiger partial charge in [-0.25, -0.2) is 4.68 Å². The molecule has 7 nitrogen and oxygen atoms in total. The first-order valence-electron chi connectivity index (χ1n) is 10.7. The Bertz CT molecular complexity index is 1270. The van der Waals surface area contributed by atoms with E-state index in [2.05, 4.69) is 10.4 Å². The summed E-state index contributed by atoms with van der Waals surface area (Å²) in [5.41, 5.74) is 2.81. The molecule has 1 N–H and O–H groups in total. The van der Waals surface area contributed by atoms with E-state index in [0.29, 0.717) is 27.7 Å². The average molecular weight is 461 g/mol. The Hall–Kier alpha value is -3.84. The number of amides is 2. The molecule has 0 atom stereocenters. The lowest BCUT2D eigenvalue weighted by Crippen LogP contribution is -2.27. The Morgan fingerprint density at radius 3 is 2.36 bits per heavy atom. The van der Waals surface area contributed by atoms with Gasteiger partial charge >= 0.3 is 0 Å². The molecular weight excluding hydrogens is 440 g/mol. The van der Waals surface area contributed by atoms with Crippen LogP contribution in [0.3, 0.4) is 0 Å². The first-order valence-corrected chi connectivity index (χ1v) is 11.1. The minimum absolute atomic E-state index is 0.0233. The minimum atomic E-state index is -0.367. The number of likely N-dealkylation sites (tertiary alicyclic amines) is 1. The van der Waals surface area contributed by atoms with E-state index < -0.39 is 0 Å². The topological polar surface area (TPSA) is 80.4 Å². The molecule has 8 heteroatoms. The van der Waals surface area contributed by atoms with Gasteiger partial charge in [-0.05, 0) is 73.5 Å². The molecular formula is C25H21ClN4O3. The van der Waals surface area contributed by atoms with Gasteiger partial charge in [0.2, 0.25) is 0 Å². The van der Waals surface area contributed by atoms with Crippen molar-refractivity contribution in [2.45, 2.75) is 12.8 Å². The molecule has 1 saturated heterocycles. The Labute approximate surface area is 195 Å². The van der Waals surface area contributed by atoms with Crippen molar-refractivity contribution in [3.63, 3.8) is 0 Å². The molecule has 166 valence electrons. The molecule has 1 aliphatic rings. The highest BCUT2D eigenvalue weighted by Crippen LogP contribution is 2.26. The summed E-state index contributed by atoms with van der Waals surface area (Å²) in [7, 11) is 0. The number of nitrogens with zero attached hydrogens (tertiary/aromatic N) is 3. The molecule has 0 bridgehead atoms. The Balaban J connectivity index is 1.38. The highest BCUT2D eigenvalue weighted by Gasteiger charge is 2.21.